The van der Waals surface area contributed by atoms with E-state index in [1.54, 1.807) is 17.5 Å². The number of rotatable bonds is 4. The molecule has 1 aliphatic carbocycles. The van der Waals surface area contributed by atoms with Gasteiger partial charge in [0.25, 0.3) is 15.9 Å². The Labute approximate surface area is 131 Å². The molecule has 0 amide bonds. The number of β-amino-alcohol motifs (C(OH)–C–C–N with tert-alkyl or cyclic N) is 1. The van der Waals surface area contributed by atoms with Gasteiger partial charge in [0.1, 0.15) is 4.21 Å². The van der Waals surface area contributed by atoms with E-state index in [0.29, 0.717) is 11.7 Å². The smallest absolute Gasteiger partial charge is 0.260 e. The third kappa shape index (κ3) is 2.28. The average Bonchev–Trinajstić information content (AvgIpc) is 2.97. The number of hydrogen-bond donors (Lipinski definition) is 1. The van der Waals surface area contributed by atoms with Crippen LogP contribution >= 0.6 is 11.3 Å². The molecule has 4 rings (SSSR count). The van der Waals surface area contributed by atoms with E-state index in [2.05, 4.69) is 10.1 Å². The normalized spacial score (nSPS) is 26.6. The molecule has 2 aromatic rings. The van der Waals surface area contributed by atoms with E-state index in [1.807, 2.05) is 0 Å². The van der Waals surface area contributed by atoms with Crippen LogP contribution in [0.3, 0.4) is 0 Å². The Hall–Kier alpha value is -1.29. The second-order valence-corrected chi connectivity index (χ2v) is 8.90. The maximum Gasteiger partial charge on any atom is 0.260 e. The summed E-state index contributed by atoms with van der Waals surface area (Å²) in [5.74, 6) is 1.06. The van der Waals surface area contributed by atoms with Crippen molar-refractivity contribution in [1.82, 2.24) is 14.4 Å². The first kappa shape index (κ1) is 14.3. The van der Waals surface area contributed by atoms with E-state index in [0.717, 1.165) is 12.8 Å². The Morgan fingerprint density at radius 1 is 1.45 bits per heavy atom. The Morgan fingerprint density at radius 3 is 2.95 bits per heavy atom. The van der Waals surface area contributed by atoms with Crippen LogP contribution in [0, 0.1) is 0 Å². The van der Waals surface area contributed by atoms with Crippen molar-refractivity contribution in [2.24, 2.45) is 0 Å². The van der Waals surface area contributed by atoms with Crippen molar-refractivity contribution in [3.63, 3.8) is 0 Å². The first-order valence-electron chi connectivity index (χ1n) is 7.09. The molecule has 0 aromatic carbocycles. The third-order valence-corrected chi connectivity index (χ3v) is 7.30. The number of aromatic nitrogens is 2. The van der Waals surface area contributed by atoms with Crippen molar-refractivity contribution in [1.29, 1.82) is 0 Å². The summed E-state index contributed by atoms with van der Waals surface area (Å²) in [6.45, 7) is 0.178. The Balaban J connectivity index is 1.58. The van der Waals surface area contributed by atoms with Crippen molar-refractivity contribution in [2.45, 2.75) is 35.0 Å². The highest BCUT2D eigenvalue weighted by molar-refractivity contribution is 7.91. The van der Waals surface area contributed by atoms with E-state index in [9.17, 15) is 13.5 Å². The molecular weight excluding hydrogens is 326 g/mol. The maximum atomic E-state index is 12.5. The van der Waals surface area contributed by atoms with Crippen LogP contribution in [0.5, 0.6) is 0 Å². The van der Waals surface area contributed by atoms with Crippen LogP contribution in [0.15, 0.2) is 26.2 Å². The zero-order valence-electron chi connectivity index (χ0n) is 11.7. The highest BCUT2D eigenvalue weighted by Gasteiger charge is 2.47. The fraction of sp³-hybridized carbons (Fsp3) is 0.538. The third-order valence-electron chi connectivity index (χ3n) is 4.08. The topological polar surface area (TPSA) is 96.5 Å². The first-order chi connectivity index (χ1) is 10.5. The highest BCUT2D eigenvalue weighted by Crippen LogP contribution is 2.40. The summed E-state index contributed by atoms with van der Waals surface area (Å²) in [6.07, 6.45) is 2.33. The number of thiophene rings is 1. The molecule has 0 bridgehead atoms. The largest absolute Gasteiger partial charge is 0.379 e. The van der Waals surface area contributed by atoms with E-state index in [1.165, 1.54) is 15.6 Å². The fourth-order valence-corrected chi connectivity index (χ4v) is 5.25. The van der Waals surface area contributed by atoms with Gasteiger partial charge in [0.2, 0.25) is 0 Å². The molecule has 9 heteroatoms. The summed E-state index contributed by atoms with van der Waals surface area (Å²) in [7, 11) is -3.57. The van der Waals surface area contributed by atoms with Crippen LogP contribution in [-0.4, -0.2) is 41.1 Å². The van der Waals surface area contributed by atoms with E-state index >= 15 is 0 Å². The molecule has 0 unspecified atom stereocenters. The highest BCUT2D eigenvalue weighted by atomic mass is 32.2. The monoisotopic (exact) mass is 341 g/mol. The summed E-state index contributed by atoms with van der Waals surface area (Å²) in [4.78, 5) is 4.26. The molecule has 7 nitrogen and oxygen atoms in total. The second-order valence-electron chi connectivity index (χ2n) is 5.78. The molecule has 2 aliphatic rings. The van der Waals surface area contributed by atoms with Gasteiger partial charge in [-0.05, 0) is 24.3 Å². The molecule has 22 heavy (non-hydrogen) atoms. The van der Waals surface area contributed by atoms with E-state index in [4.69, 9.17) is 4.52 Å². The van der Waals surface area contributed by atoms with E-state index < -0.39 is 15.6 Å². The van der Waals surface area contributed by atoms with Gasteiger partial charge in [-0.1, -0.05) is 11.2 Å². The van der Waals surface area contributed by atoms with Crippen LogP contribution in [0.4, 0.5) is 0 Å². The van der Waals surface area contributed by atoms with Crippen LogP contribution < -0.4 is 0 Å². The van der Waals surface area contributed by atoms with Crippen molar-refractivity contribution in [3.05, 3.63) is 29.2 Å². The van der Waals surface area contributed by atoms with Gasteiger partial charge in [-0.25, -0.2) is 8.42 Å². The molecule has 118 valence electrons. The molecule has 1 aliphatic heterocycles. The second kappa shape index (κ2) is 4.85. The number of sulfonamides is 1. The van der Waals surface area contributed by atoms with Crippen molar-refractivity contribution in [2.75, 3.05) is 13.1 Å². The summed E-state index contributed by atoms with van der Waals surface area (Å²) in [5.41, 5.74) is -1.40. The quantitative estimate of drug-likeness (QED) is 0.900. The minimum Gasteiger partial charge on any atom is -0.379 e. The molecule has 2 aromatic heterocycles. The Bertz CT molecular complexity index is 782. The van der Waals surface area contributed by atoms with Gasteiger partial charge in [-0.2, -0.15) is 9.29 Å². The maximum absolute atomic E-state index is 12.5. The van der Waals surface area contributed by atoms with Crippen LogP contribution in [-0.2, 0) is 15.6 Å². The van der Waals surface area contributed by atoms with E-state index in [-0.39, 0.29) is 29.6 Å². The molecular formula is C13H15N3O4S2. The molecule has 1 atom stereocenters. The van der Waals surface area contributed by atoms with Crippen molar-refractivity contribution < 1.29 is 18.0 Å². The molecule has 0 spiro atoms. The lowest BCUT2D eigenvalue weighted by Gasteiger charge is -2.19. The lowest BCUT2D eigenvalue weighted by atomic mass is 10.0. The number of hydrogen-bond acceptors (Lipinski definition) is 7. The van der Waals surface area contributed by atoms with Crippen LogP contribution in [0.1, 0.15) is 36.9 Å². The Morgan fingerprint density at radius 2 is 2.27 bits per heavy atom. The standard InChI is InChI=1S/C13H15N3O4S2/c17-13(12-14-11(15-20-12)9-3-4-9)5-6-16(8-13)22(18,19)10-2-1-7-21-10/h1-2,7,9,17H,3-6,8H2/t13-/m0/s1. The fourth-order valence-electron chi connectivity index (χ4n) is 2.61. The molecule has 1 N–H and O–H groups in total. The lowest BCUT2D eigenvalue weighted by molar-refractivity contribution is 0.0194. The van der Waals surface area contributed by atoms with Crippen molar-refractivity contribution in [3.8, 4) is 0 Å². The zero-order chi connectivity index (χ0) is 15.4. The first-order valence-corrected chi connectivity index (χ1v) is 9.41. The zero-order valence-corrected chi connectivity index (χ0v) is 13.3. The minimum absolute atomic E-state index is 0.0560. The van der Waals surface area contributed by atoms with Gasteiger partial charge in [0.05, 0.1) is 6.54 Å². The lowest BCUT2D eigenvalue weighted by Crippen LogP contribution is -2.34. The molecule has 1 saturated heterocycles. The van der Waals surface area contributed by atoms with Gasteiger partial charge < -0.3 is 9.63 Å². The minimum atomic E-state index is -3.57. The predicted octanol–water partition coefficient (Wildman–Crippen LogP) is 1.29. The Kier molecular flexibility index (Phi) is 3.16. The molecule has 0 radical (unpaired) electrons. The predicted molar refractivity (Wildman–Crippen MR) is 77.9 cm³/mol. The van der Waals surface area contributed by atoms with Gasteiger partial charge in [0, 0.05) is 18.9 Å². The van der Waals surface area contributed by atoms with Gasteiger partial charge >= 0.3 is 0 Å². The van der Waals surface area contributed by atoms with Crippen LogP contribution in [0.2, 0.25) is 0 Å². The summed E-state index contributed by atoms with van der Waals surface area (Å²) >= 11 is 1.17. The van der Waals surface area contributed by atoms with Crippen LogP contribution in [0.25, 0.3) is 0 Å². The molecule has 2 fully saturated rings. The van der Waals surface area contributed by atoms with Gasteiger partial charge in [0.15, 0.2) is 11.4 Å². The summed E-state index contributed by atoms with van der Waals surface area (Å²) < 4.78 is 31.7. The van der Waals surface area contributed by atoms with Gasteiger partial charge in [-0.15, -0.1) is 11.3 Å². The van der Waals surface area contributed by atoms with Gasteiger partial charge in [-0.3, -0.25) is 0 Å². The summed E-state index contributed by atoms with van der Waals surface area (Å²) in [6, 6.07) is 3.26. The number of aliphatic hydroxyl groups is 1. The summed E-state index contributed by atoms with van der Waals surface area (Å²) in [5, 5.41) is 16.3. The average molecular weight is 341 g/mol. The molecule has 1 saturated carbocycles. The van der Waals surface area contributed by atoms with Crippen molar-refractivity contribution >= 4 is 21.4 Å². The SMILES string of the molecule is O=S(=O)(c1cccs1)N1CC[C@@](O)(c2nc(C3CC3)no2)C1. The number of nitrogens with zero attached hydrogens (tertiary/aromatic N) is 3. The molecule has 3 heterocycles.